The molecule has 1 aliphatic carbocycles. The number of unbranched alkanes of at least 4 members (excludes halogenated alkanes) is 7. The molecular formula is C19H32O2. The van der Waals surface area contributed by atoms with Crippen molar-refractivity contribution in [3.63, 3.8) is 0 Å². The Morgan fingerprint density at radius 1 is 1.10 bits per heavy atom. The van der Waals surface area contributed by atoms with Gasteiger partial charge in [0, 0.05) is 5.92 Å². The molecule has 21 heavy (non-hydrogen) atoms. The van der Waals surface area contributed by atoms with Gasteiger partial charge in [-0.2, -0.15) is 0 Å². The fourth-order valence-corrected chi connectivity index (χ4v) is 3.08. The summed E-state index contributed by atoms with van der Waals surface area (Å²) in [5.41, 5.74) is 0. The summed E-state index contributed by atoms with van der Waals surface area (Å²) in [5, 5.41) is 10.2. The van der Waals surface area contributed by atoms with Crippen LogP contribution < -0.4 is 0 Å². The van der Waals surface area contributed by atoms with Crippen molar-refractivity contribution in [2.75, 3.05) is 0 Å². The number of rotatable bonds is 11. The Bertz CT molecular complexity index is 396. The summed E-state index contributed by atoms with van der Waals surface area (Å²) < 4.78 is 5.81. The Hall–Kier alpha value is -0.760. The van der Waals surface area contributed by atoms with Crippen molar-refractivity contribution in [3.8, 4) is 0 Å². The monoisotopic (exact) mass is 292 g/mol. The molecule has 0 bridgehead atoms. The molecule has 1 aliphatic rings. The molecule has 1 fully saturated rings. The van der Waals surface area contributed by atoms with Crippen LogP contribution in [-0.4, -0.2) is 5.11 Å². The summed E-state index contributed by atoms with van der Waals surface area (Å²) in [6, 6.07) is 4.02. The topological polar surface area (TPSA) is 33.4 Å². The molecule has 3 atom stereocenters. The van der Waals surface area contributed by atoms with Crippen molar-refractivity contribution in [1.82, 2.24) is 0 Å². The SMILES string of the molecule is CCCCCCCCCCC(O)c1ccc(C2CC2C)o1. The smallest absolute Gasteiger partial charge is 0.132 e. The molecule has 1 N–H and O–H groups in total. The van der Waals surface area contributed by atoms with Gasteiger partial charge in [0.1, 0.15) is 17.6 Å². The zero-order chi connectivity index (χ0) is 15.1. The maximum atomic E-state index is 10.2. The van der Waals surface area contributed by atoms with E-state index in [1.54, 1.807) is 0 Å². The average molecular weight is 292 g/mol. The molecule has 2 rings (SSSR count). The van der Waals surface area contributed by atoms with Crippen LogP contribution in [0, 0.1) is 5.92 Å². The number of hydrogen-bond donors (Lipinski definition) is 1. The Morgan fingerprint density at radius 2 is 1.71 bits per heavy atom. The van der Waals surface area contributed by atoms with Gasteiger partial charge in [0.2, 0.25) is 0 Å². The van der Waals surface area contributed by atoms with Gasteiger partial charge in [-0.3, -0.25) is 0 Å². The van der Waals surface area contributed by atoms with Gasteiger partial charge in [-0.05, 0) is 30.9 Å². The fourth-order valence-electron chi connectivity index (χ4n) is 3.08. The van der Waals surface area contributed by atoms with Gasteiger partial charge in [-0.15, -0.1) is 0 Å². The van der Waals surface area contributed by atoms with Gasteiger partial charge in [-0.1, -0.05) is 65.2 Å². The number of aliphatic hydroxyl groups is 1. The van der Waals surface area contributed by atoms with Gasteiger partial charge < -0.3 is 9.52 Å². The molecule has 1 heterocycles. The Morgan fingerprint density at radius 3 is 2.33 bits per heavy atom. The third-order valence-electron chi connectivity index (χ3n) is 4.78. The van der Waals surface area contributed by atoms with Crippen LogP contribution in [0.15, 0.2) is 16.5 Å². The second-order valence-corrected chi connectivity index (χ2v) is 6.84. The number of furan rings is 1. The summed E-state index contributed by atoms with van der Waals surface area (Å²) in [7, 11) is 0. The zero-order valence-corrected chi connectivity index (χ0v) is 13.8. The Labute approximate surface area is 129 Å². The first-order chi connectivity index (χ1) is 10.2. The lowest BCUT2D eigenvalue weighted by molar-refractivity contribution is 0.135. The minimum absolute atomic E-state index is 0.409. The van der Waals surface area contributed by atoms with Gasteiger partial charge in [0.15, 0.2) is 0 Å². The van der Waals surface area contributed by atoms with Gasteiger partial charge in [0.25, 0.3) is 0 Å². The maximum absolute atomic E-state index is 10.2. The third kappa shape index (κ3) is 5.50. The second-order valence-electron chi connectivity index (χ2n) is 6.84. The van der Waals surface area contributed by atoms with Gasteiger partial charge in [-0.25, -0.2) is 0 Å². The molecule has 2 nitrogen and oxygen atoms in total. The molecule has 2 heteroatoms. The van der Waals surface area contributed by atoms with Crippen molar-refractivity contribution in [2.45, 2.75) is 90.1 Å². The highest BCUT2D eigenvalue weighted by Crippen LogP contribution is 2.47. The van der Waals surface area contributed by atoms with Crippen LogP contribution in [0.4, 0.5) is 0 Å². The van der Waals surface area contributed by atoms with Gasteiger partial charge >= 0.3 is 0 Å². The molecule has 0 aromatic carbocycles. The lowest BCUT2D eigenvalue weighted by Gasteiger charge is -2.07. The summed E-state index contributed by atoms with van der Waals surface area (Å²) in [5.74, 6) is 3.21. The van der Waals surface area contributed by atoms with Crippen LogP contribution >= 0.6 is 0 Å². The molecule has 0 amide bonds. The molecule has 1 aromatic heterocycles. The summed E-state index contributed by atoms with van der Waals surface area (Å²) >= 11 is 0. The van der Waals surface area contributed by atoms with E-state index in [9.17, 15) is 5.11 Å². The van der Waals surface area contributed by atoms with E-state index in [-0.39, 0.29) is 0 Å². The Balaban J connectivity index is 1.55. The standard InChI is InChI=1S/C19H32O2/c1-3-4-5-6-7-8-9-10-11-17(20)19-13-12-18(21-19)16-14-15(16)2/h12-13,15-17,20H,3-11,14H2,1-2H3. The van der Waals surface area contributed by atoms with Crippen LogP contribution in [0.3, 0.4) is 0 Å². The molecular weight excluding hydrogens is 260 g/mol. The van der Waals surface area contributed by atoms with Crippen LogP contribution in [0.5, 0.6) is 0 Å². The quantitative estimate of drug-likeness (QED) is 0.510. The highest BCUT2D eigenvalue weighted by molar-refractivity contribution is 5.18. The minimum Gasteiger partial charge on any atom is -0.463 e. The van der Waals surface area contributed by atoms with E-state index in [1.165, 1.54) is 51.4 Å². The first kappa shape index (κ1) is 16.6. The molecule has 1 saturated carbocycles. The van der Waals surface area contributed by atoms with Crippen molar-refractivity contribution in [2.24, 2.45) is 5.92 Å². The second kappa shape index (κ2) is 8.63. The Kier molecular flexibility index (Phi) is 6.82. The van der Waals surface area contributed by atoms with Gasteiger partial charge in [0.05, 0.1) is 0 Å². The third-order valence-corrected chi connectivity index (χ3v) is 4.78. The minimum atomic E-state index is -0.409. The van der Waals surface area contributed by atoms with E-state index in [0.717, 1.165) is 30.3 Å². The van der Waals surface area contributed by atoms with E-state index in [2.05, 4.69) is 19.9 Å². The highest BCUT2D eigenvalue weighted by Gasteiger charge is 2.36. The molecule has 0 radical (unpaired) electrons. The fraction of sp³-hybridized carbons (Fsp3) is 0.789. The van der Waals surface area contributed by atoms with Crippen molar-refractivity contribution in [1.29, 1.82) is 0 Å². The van der Waals surface area contributed by atoms with E-state index >= 15 is 0 Å². The largest absolute Gasteiger partial charge is 0.463 e. The molecule has 120 valence electrons. The first-order valence-corrected chi connectivity index (χ1v) is 9.00. The summed E-state index contributed by atoms with van der Waals surface area (Å²) in [4.78, 5) is 0. The highest BCUT2D eigenvalue weighted by atomic mass is 16.4. The number of aliphatic hydroxyl groups excluding tert-OH is 1. The predicted molar refractivity (Wildman–Crippen MR) is 87.4 cm³/mol. The maximum Gasteiger partial charge on any atom is 0.132 e. The number of hydrogen-bond acceptors (Lipinski definition) is 2. The lowest BCUT2D eigenvalue weighted by Crippen LogP contribution is -1.95. The van der Waals surface area contributed by atoms with E-state index < -0.39 is 6.10 Å². The van der Waals surface area contributed by atoms with E-state index in [0.29, 0.717) is 5.92 Å². The van der Waals surface area contributed by atoms with E-state index in [1.807, 2.05) is 6.07 Å². The van der Waals surface area contributed by atoms with Crippen LogP contribution in [0.25, 0.3) is 0 Å². The first-order valence-electron chi connectivity index (χ1n) is 9.00. The van der Waals surface area contributed by atoms with Crippen molar-refractivity contribution >= 4 is 0 Å². The normalized spacial score (nSPS) is 22.4. The molecule has 0 spiro atoms. The summed E-state index contributed by atoms with van der Waals surface area (Å²) in [6.07, 6.45) is 12.1. The van der Waals surface area contributed by atoms with Crippen LogP contribution in [0.1, 0.15) is 102 Å². The molecule has 0 saturated heterocycles. The van der Waals surface area contributed by atoms with Crippen LogP contribution in [-0.2, 0) is 0 Å². The summed E-state index contributed by atoms with van der Waals surface area (Å²) in [6.45, 7) is 4.51. The lowest BCUT2D eigenvalue weighted by atomic mass is 10.0. The van der Waals surface area contributed by atoms with Crippen molar-refractivity contribution < 1.29 is 9.52 Å². The molecule has 0 aliphatic heterocycles. The molecule has 1 aromatic rings. The average Bonchev–Trinajstić information content (AvgIpc) is 3.02. The zero-order valence-electron chi connectivity index (χ0n) is 13.8. The van der Waals surface area contributed by atoms with E-state index in [4.69, 9.17) is 4.42 Å². The predicted octanol–water partition coefficient (Wildman–Crippen LogP) is 5.97. The van der Waals surface area contributed by atoms with Crippen molar-refractivity contribution in [3.05, 3.63) is 23.7 Å². The molecule has 3 unspecified atom stereocenters. The van der Waals surface area contributed by atoms with Crippen LogP contribution in [0.2, 0.25) is 0 Å².